The Morgan fingerprint density at radius 2 is 2.00 bits per heavy atom. The van der Waals surface area contributed by atoms with E-state index in [1.165, 1.54) is 37.5 Å². The monoisotopic (exact) mass is 367 g/mol. The van der Waals surface area contributed by atoms with Crippen LogP contribution in [0.5, 0.6) is 11.5 Å². The average Bonchev–Trinajstić information content (AvgIpc) is 2.64. The molecule has 0 aliphatic heterocycles. The van der Waals surface area contributed by atoms with Crippen molar-refractivity contribution in [1.29, 1.82) is 0 Å². The summed E-state index contributed by atoms with van der Waals surface area (Å²) in [7, 11) is 1.50. The first kappa shape index (κ1) is 19.9. The van der Waals surface area contributed by atoms with Crippen molar-refractivity contribution in [2.45, 2.75) is 20.3 Å². The van der Waals surface area contributed by atoms with E-state index in [1.54, 1.807) is 18.2 Å². The number of aromatic hydroxyl groups is 1. The third-order valence-corrected chi connectivity index (χ3v) is 3.95. The predicted molar refractivity (Wildman–Crippen MR) is 104 cm³/mol. The summed E-state index contributed by atoms with van der Waals surface area (Å²) in [4.78, 5) is 22.8. The van der Waals surface area contributed by atoms with E-state index in [2.05, 4.69) is 0 Å². The Kier molecular flexibility index (Phi) is 6.49. The summed E-state index contributed by atoms with van der Waals surface area (Å²) >= 11 is 0. The van der Waals surface area contributed by atoms with Crippen molar-refractivity contribution in [3.8, 4) is 11.5 Å². The number of phenols is 1. The highest BCUT2D eigenvalue weighted by atomic mass is 16.6. The molecule has 27 heavy (non-hydrogen) atoms. The van der Waals surface area contributed by atoms with Crippen LogP contribution in [-0.2, 0) is 6.42 Å². The molecule has 0 fully saturated rings. The molecular weight excluding hydrogens is 346 g/mol. The van der Waals surface area contributed by atoms with Crippen molar-refractivity contribution in [1.82, 2.24) is 0 Å². The molecule has 0 saturated heterocycles. The van der Waals surface area contributed by atoms with Gasteiger partial charge in [-0.15, -0.1) is 0 Å². The Morgan fingerprint density at radius 3 is 2.63 bits per heavy atom. The molecule has 140 valence electrons. The zero-order valence-corrected chi connectivity index (χ0v) is 15.4. The van der Waals surface area contributed by atoms with Crippen molar-refractivity contribution < 1.29 is 19.6 Å². The Hall–Kier alpha value is -3.41. The highest BCUT2D eigenvalue weighted by Gasteiger charge is 2.16. The van der Waals surface area contributed by atoms with Crippen LogP contribution in [0.25, 0.3) is 6.08 Å². The summed E-state index contributed by atoms with van der Waals surface area (Å²) in [5.74, 6) is -0.0233. The summed E-state index contributed by atoms with van der Waals surface area (Å²) < 4.78 is 5.28. The molecule has 2 aromatic rings. The highest BCUT2D eigenvalue weighted by molar-refractivity contribution is 6.09. The van der Waals surface area contributed by atoms with E-state index in [-0.39, 0.29) is 17.0 Å². The van der Waals surface area contributed by atoms with E-state index in [0.29, 0.717) is 23.3 Å². The van der Waals surface area contributed by atoms with Gasteiger partial charge in [0.25, 0.3) is 5.69 Å². The topological polar surface area (TPSA) is 89.7 Å². The zero-order valence-electron chi connectivity index (χ0n) is 15.4. The molecule has 0 heterocycles. The lowest BCUT2D eigenvalue weighted by Crippen LogP contribution is -2.00. The first-order valence-electron chi connectivity index (χ1n) is 8.32. The maximum atomic E-state index is 12.5. The lowest BCUT2D eigenvalue weighted by atomic mass is 10.0. The van der Waals surface area contributed by atoms with Crippen molar-refractivity contribution in [2.24, 2.45) is 0 Å². The Morgan fingerprint density at radius 1 is 1.26 bits per heavy atom. The van der Waals surface area contributed by atoms with Crippen LogP contribution in [0.3, 0.4) is 0 Å². The number of nitro groups is 1. The van der Waals surface area contributed by atoms with Gasteiger partial charge in [-0.1, -0.05) is 29.9 Å². The summed E-state index contributed by atoms with van der Waals surface area (Å²) in [5, 5.41) is 21.4. The number of nitrogens with zero attached hydrogens (tertiary/aromatic N) is 1. The fraction of sp³-hybridized carbons (Fsp3) is 0.190. The molecule has 1 N–H and O–H groups in total. The van der Waals surface area contributed by atoms with Gasteiger partial charge in [-0.25, -0.2) is 0 Å². The van der Waals surface area contributed by atoms with Crippen LogP contribution in [-0.4, -0.2) is 22.9 Å². The number of carbonyl (C=O) groups excluding carboxylic acids is 1. The van der Waals surface area contributed by atoms with Gasteiger partial charge in [0.15, 0.2) is 5.78 Å². The molecule has 0 aromatic heterocycles. The molecule has 0 atom stereocenters. The molecular formula is C21H21NO5. The number of benzene rings is 2. The summed E-state index contributed by atoms with van der Waals surface area (Å²) in [5.41, 5.74) is 2.23. The Labute approximate surface area is 157 Å². The first-order chi connectivity index (χ1) is 12.8. The number of phenolic OH excluding ortho intramolecular Hbond substituents is 1. The number of carbonyl (C=O) groups is 1. The molecule has 2 aromatic carbocycles. The molecule has 0 unspecified atom stereocenters. The Bertz CT molecular complexity index is 924. The molecule has 0 amide bonds. The lowest BCUT2D eigenvalue weighted by molar-refractivity contribution is -0.384. The van der Waals surface area contributed by atoms with Crippen LogP contribution in [0.4, 0.5) is 5.69 Å². The number of hydrogen-bond acceptors (Lipinski definition) is 5. The van der Waals surface area contributed by atoms with E-state index in [1.807, 2.05) is 19.9 Å². The maximum absolute atomic E-state index is 12.5. The Balaban J connectivity index is 2.33. The number of methoxy groups -OCH3 is 1. The van der Waals surface area contributed by atoms with Gasteiger partial charge in [-0.3, -0.25) is 14.9 Å². The van der Waals surface area contributed by atoms with Crippen LogP contribution in [0.15, 0.2) is 54.1 Å². The molecule has 0 saturated carbocycles. The lowest BCUT2D eigenvalue weighted by Gasteiger charge is -2.12. The van der Waals surface area contributed by atoms with Crippen molar-refractivity contribution >= 4 is 17.5 Å². The molecule has 0 radical (unpaired) electrons. The van der Waals surface area contributed by atoms with Gasteiger partial charge in [0.2, 0.25) is 0 Å². The smallest absolute Gasteiger partial charge is 0.270 e. The van der Waals surface area contributed by atoms with E-state index >= 15 is 0 Å². The molecule has 0 bridgehead atoms. The summed E-state index contributed by atoms with van der Waals surface area (Å²) in [6.07, 6.45) is 5.14. The second-order valence-electron chi connectivity index (χ2n) is 6.18. The van der Waals surface area contributed by atoms with E-state index in [9.17, 15) is 20.0 Å². The van der Waals surface area contributed by atoms with Crippen LogP contribution in [0, 0.1) is 10.1 Å². The third-order valence-electron chi connectivity index (χ3n) is 3.95. The van der Waals surface area contributed by atoms with Gasteiger partial charge in [0.1, 0.15) is 11.5 Å². The standard InChI is InChI=1S/C21H21NO5/c1-14(2)7-9-18-20(27-3)12-10-17(21(18)24)19(23)11-8-15-5-4-6-16(13-15)22(25)26/h4-8,10-13,24H,9H2,1-3H3. The second kappa shape index (κ2) is 8.80. The number of allylic oxidation sites excluding steroid dienone is 3. The SMILES string of the molecule is COc1ccc(C(=O)C=Cc2cccc([N+](=O)[O-])c2)c(O)c1CC=C(C)C. The molecule has 6 nitrogen and oxygen atoms in total. The number of rotatable bonds is 7. The van der Waals surface area contributed by atoms with Gasteiger partial charge in [-0.05, 0) is 44.0 Å². The third kappa shape index (κ3) is 5.04. The highest BCUT2D eigenvalue weighted by Crippen LogP contribution is 2.33. The van der Waals surface area contributed by atoms with Gasteiger partial charge in [0, 0.05) is 17.7 Å². The van der Waals surface area contributed by atoms with E-state index in [0.717, 1.165) is 5.57 Å². The van der Waals surface area contributed by atoms with Gasteiger partial charge < -0.3 is 9.84 Å². The van der Waals surface area contributed by atoms with Crippen LogP contribution < -0.4 is 4.74 Å². The minimum absolute atomic E-state index is 0.0547. The largest absolute Gasteiger partial charge is 0.507 e. The van der Waals surface area contributed by atoms with Crippen LogP contribution in [0.1, 0.15) is 35.3 Å². The van der Waals surface area contributed by atoms with Crippen molar-refractivity contribution in [3.05, 3.63) is 80.9 Å². The van der Waals surface area contributed by atoms with Gasteiger partial charge in [0.05, 0.1) is 17.6 Å². The maximum Gasteiger partial charge on any atom is 0.270 e. The molecule has 2 rings (SSSR count). The fourth-order valence-corrected chi connectivity index (χ4v) is 2.52. The summed E-state index contributed by atoms with van der Waals surface area (Å²) in [6.45, 7) is 3.89. The van der Waals surface area contributed by atoms with Crippen LogP contribution >= 0.6 is 0 Å². The number of ketones is 1. The molecule has 0 spiro atoms. The number of non-ortho nitro benzene ring substituents is 1. The summed E-state index contributed by atoms with van der Waals surface area (Å²) in [6, 6.07) is 9.10. The minimum Gasteiger partial charge on any atom is -0.507 e. The van der Waals surface area contributed by atoms with E-state index < -0.39 is 10.7 Å². The predicted octanol–water partition coefficient (Wildman–Crippen LogP) is 4.71. The number of nitro benzene ring substituents is 1. The quantitative estimate of drug-likeness (QED) is 0.252. The van der Waals surface area contributed by atoms with Gasteiger partial charge in [-0.2, -0.15) is 0 Å². The first-order valence-corrected chi connectivity index (χ1v) is 8.32. The van der Waals surface area contributed by atoms with Crippen molar-refractivity contribution in [2.75, 3.05) is 7.11 Å². The molecule has 0 aliphatic rings. The number of ether oxygens (including phenoxy) is 1. The molecule has 6 heteroatoms. The van der Waals surface area contributed by atoms with E-state index in [4.69, 9.17) is 4.74 Å². The second-order valence-corrected chi connectivity index (χ2v) is 6.18. The fourth-order valence-electron chi connectivity index (χ4n) is 2.52. The minimum atomic E-state index is -0.496. The normalized spacial score (nSPS) is 10.6. The van der Waals surface area contributed by atoms with Crippen LogP contribution in [0.2, 0.25) is 0 Å². The van der Waals surface area contributed by atoms with Crippen molar-refractivity contribution in [3.63, 3.8) is 0 Å². The average molecular weight is 367 g/mol. The zero-order chi connectivity index (χ0) is 20.0. The number of hydrogen-bond donors (Lipinski definition) is 1. The van der Waals surface area contributed by atoms with Gasteiger partial charge >= 0.3 is 0 Å². The molecule has 0 aliphatic carbocycles.